The van der Waals surface area contributed by atoms with Gasteiger partial charge in [-0.05, 0) is 109 Å². The minimum atomic E-state index is 1.09. The summed E-state index contributed by atoms with van der Waals surface area (Å²) in [7, 11) is 0. The zero-order chi connectivity index (χ0) is 38.4. The van der Waals surface area contributed by atoms with Gasteiger partial charge in [0.2, 0.25) is 0 Å². The number of nitrogens with zero attached hydrogens (tertiary/aromatic N) is 1. The summed E-state index contributed by atoms with van der Waals surface area (Å²) in [5.41, 5.74) is 12.9. The zero-order valence-electron chi connectivity index (χ0n) is 31.7. The molecule has 0 aliphatic rings. The Morgan fingerprint density at radius 3 is 1.48 bits per heavy atom. The highest BCUT2D eigenvalue weighted by Gasteiger charge is 2.23. The van der Waals surface area contributed by atoms with E-state index in [2.05, 4.69) is 229 Å². The molecule has 11 rings (SSSR count). The second-order valence-corrected chi connectivity index (χ2v) is 15.9. The Labute approximate surface area is 342 Å². The first-order valence-electron chi connectivity index (χ1n) is 19.8. The zero-order valence-corrected chi connectivity index (χ0v) is 32.5. The summed E-state index contributed by atoms with van der Waals surface area (Å²) in [5, 5.41) is 7.59. The molecule has 272 valence electrons. The van der Waals surface area contributed by atoms with Crippen molar-refractivity contribution in [2.45, 2.75) is 0 Å². The predicted octanol–water partition coefficient (Wildman–Crippen LogP) is 16.5. The van der Waals surface area contributed by atoms with Crippen LogP contribution >= 0.6 is 11.3 Å². The number of thiophene rings is 1. The molecule has 0 bridgehead atoms. The number of anilines is 3. The van der Waals surface area contributed by atoms with Gasteiger partial charge in [0.1, 0.15) is 0 Å². The number of rotatable bonds is 7. The van der Waals surface area contributed by atoms with Crippen molar-refractivity contribution >= 4 is 70.1 Å². The average molecular weight is 756 g/mol. The van der Waals surface area contributed by atoms with Crippen LogP contribution in [0.3, 0.4) is 0 Å². The molecule has 1 heterocycles. The molecule has 0 radical (unpaired) electrons. The molecular formula is C56H37NS. The van der Waals surface area contributed by atoms with Crippen molar-refractivity contribution in [2.75, 3.05) is 4.90 Å². The molecule has 0 N–H and O–H groups in total. The molecule has 0 amide bonds. The Bertz CT molecular complexity index is 3170. The van der Waals surface area contributed by atoms with Crippen molar-refractivity contribution in [3.63, 3.8) is 0 Å². The monoisotopic (exact) mass is 755 g/mol. The quantitative estimate of drug-likeness (QED) is 0.146. The van der Waals surface area contributed by atoms with Crippen molar-refractivity contribution in [1.82, 2.24) is 0 Å². The Morgan fingerprint density at radius 2 is 0.810 bits per heavy atom. The first-order chi connectivity index (χ1) is 28.8. The van der Waals surface area contributed by atoms with E-state index in [0.717, 1.165) is 17.1 Å². The van der Waals surface area contributed by atoms with Crippen LogP contribution in [0, 0.1) is 0 Å². The van der Waals surface area contributed by atoms with E-state index in [1.165, 1.54) is 86.2 Å². The van der Waals surface area contributed by atoms with Gasteiger partial charge in [0.15, 0.2) is 0 Å². The highest BCUT2D eigenvalue weighted by molar-refractivity contribution is 7.25. The van der Waals surface area contributed by atoms with Crippen molar-refractivity contribution in [1.29, 1.82) is 0 Å². The minimum absolute atomic E-state index is 1.09. The maximum Gasteiger partial charge on any atom is 0.0546 e. The fraction of sp³-hybridized carbons (Fsp3) is 0. The van der Waals surface area contributed by atoms with Crippen molar-refractivity contribution in [3.05, 3.63) is 224 Å². The molecule has 0 atom stereocenters. The maximum absolute atomic E-state index is 2.45. The van der Waals surface area contributed by atoms with Gasteiger partial charge in [-0.3, -0.25) is 0 Å². The molecule has 1 nitrogen and oxygen atoms in total. The molecule has 0 unspecified atom stereocenters. The number of hydrogen-bond acceptors (Lipinski definition) is 2. The Hall–Kier alpha value is -7.26. The van der Waals surface area contributed by atoms with Crippen LogP contribution in [-0.2, 0) is 0 Å². The van der Waals surface area contributed by atoms with Crippen LogP contribution in [0.2, 0.25) is 0 Å². The molecule has 0 saturated carbocycles. The van der Waals surface area contributed by atoms with Gasteiger partial charge in [0.25, 0.3) is 0 Å². The lowest BCUT2D eigenvalue weighted by molar-refractivity contribution is 1.28. The first kappa shape index (κ1) is 34.0. The first-order valence-corrected chi connectivity index (χ1v) is 20.7. The Morgan fingerprint density at radius 1 is 0.293 bits per heavy atom. The van der Waals surface area contributed by atoms with E-state index in [0.29, 0.717) is 0 Å². The van der Waals surface area contributed by atoms with E-state index in [1.54, 1.807) is 0 Å². The van der Waals surface area contributed by atoms with Crippen molar-refractivity contribution in [2.24, 2.45) is 0 Å². The predicted molar refractivity (Wildman–Crippen MR) is 251 cm³/mol. The van der Waals surface area contributed by atoms with Crippen LogP contribution in [-0.4, -0.2) is 0 Å². The SMILES string of the molecule is c1ccc(-c2ccc(N(c3ccc(-c4ccccc4)cc3)c3cccc(-c4ccc5c(c4)sc4ccccc45)c3-c3cc4ccccc4c4ccccc34)cc2)cc1. The average Bonchev–Trinajstić information content (AvgIpc) is 3.68. The maximum atomic E-state index is 2.45. The number of benzene rings is 10. The normalized spacial score (nSPS) is 11.4. The van der Waals surface area contributed by atoms with Gasteiger partial charge in [-0.2, -0.15) is 0 Å². The van der Waals surface area contributed by atoms with Gasteiger partial charge in [0.05, 0.1) is 5.69 Å². The molecular weight excluding hydrogens is 719 g/mol. The number of fused-ring (bicyclic) bond motifs is 6. The van der Waals surface area contributed by atoms with Gasteiger partial charge < -0.3 is 4.90 Å². The molecule has 0 aliphatic carbocycles. The van der Waals surface area contributed by atoms with Crippen LogP contribution in [0.5, 0.6) is 0 Å². The van der Waals surface area contributed by atoms with E-state index in [9.17, 15) is 0 Å². The highest BCUT2D eigenvalue weighted by Crippen LogP contribution is 2.49. The molecule has 0 saturated heterocycles. The summed E-state index contributed by atoms with van der Waals surface area (Å²) < 4.78 is 2.61. The Kier molecular flexibility index (Phi) is 8.42. The van der Waals surface area contributed by atoms with E-state index >= 15 is 0 Å². The Balaban J connectivity index is 1.19. The van der Waals surface area contributed by atoms with Crippen molar-refractivity contribution in [3.8, 4) is 44.5 Å². The fourth-order valence-corrected chi connectivity index (χ4v) is 9.84. The van der Waals surface area contributed by atoms with E-state index in [1.807, 2.05) is 11.3 Å². The smallest absolute Gasteiger partial charge is 0.0546 e. The van der Waals surface area contributed by atoms with E-state index < -0.39 is 0 Å². The van der Waals surface area contributed by atoms with Crippen molar-refractivity contribution < 1.29 is 0 Å². The van der Waals surface area contributed by atoms with E-state index in [4.69, 9.17) is 0 Å². The van der Waals surface area contributed by atoms with Crippen LogP contribution in [0.4, 0.5) is 17.1 Å². The molecule has 0 aliphatic heterocycles. The fourth-order valence-electron chi connectivity index (χ4n) is 8.70. The molecule has 58 heavy (non-hydrogen) atoms. The third-order valence-electron chi connectivity index (χ3n) is 11.5. The second-order valence-electron chi connectivity index (χ2n) is 14.9. The summed E-state index contributed by atoms with van der Waals surface area (Å²) >= 11 is 1.87. The van der Waals surface area contributed by atoms with Gasteiger partial charge in [0, 0.05) is 37.1 Å². The summed E-state index contributed by atoms with van der Waals surface area (Å²) in [6.07, 6.45) is 0. The van der Waals surface area contributed by atoms with Crippen LogP contribution in [0.25, 0.3) is 86.2 Å². The molecule has 0 spiro atoms. The highest BCUT2D eigenvalue weighted by atomic mass is 32.1. The summed E-state index contributed by atoms with van der Waals surface area (Å²) in [6.45, 7) is 0. The standard InChI is InChI=1S/C56H37NS/c1-3-14-38(15-4-1)40-26-31-44(32-27-40)57(45-33-28-41(29-34-45)39-16-5-2-6-17-39)53-24-13-23-47(43-30-35-51-50-22-11-12-25-54(50)58-55(51)37-43)56(53)52-36-42-18-7-8-19-46(42)48-20-9-10-21-49(48)52/h1-37H. The van der Waals surface area contributed by atoms with Crippen LogP contribution in [0.15, 0.2) is 224 Å². The lowest BCUT2D eigenvalue weighted by Crippen LogP contribution is -2.12. The third kappa shape index (κ3) is 5.94. The lowest BCUT2D eigenvalue weighted by atomic mass is 9.87. The molecule has 11 aromatic rings. The second kappa shape index (κ2) is 14.4. The summed E-state index contributed by atoms with van der Waals surface area (Å²) in [4.78, 5) is 2.45. The van der Waals surface area contributed by atoms with Gasteiger partial charge in [-0.1, -0.05) is 176 Å². The van der Waals surface area contributed by atoms with Gasteiger partial charge in [-0.25, -0.2) is 0 Å². The molecule has 10 aromatic carbocycles. The van der Waals surface area contributed by atoms with Gasteiger partial charge in [-0.15, -0.1) is 11.3 Å². The largest absolute Gasteiger partial charge is 0.310 e. The van der Waals surface area contributed by atoms with Crippen LogP contribution < -0.4 is 4.90 Å². The topological polar surface area (TPSA) is 3.24 Å². The van der Waals surface area contributed by atoms with E-state index in [-0.39, 0.29) is 0 Å². The minimum Gasteiger partial charge on any atom is -0.310 e. The molecule has 2 heteroatoms. The third-order valence-corrected chi connectivity index (χ3v) is 12.6. The number of hydrogen-bond donors (Lipinski definition) is 0. The summed E-state index contributed by atoms with van der Waals surface area (Å²) in [6, 6.07) is 82.1. The van der Waals surface area contributed by atoms with Gasteiger partial charge >= 0.3 is 0 Å². The van der Waals surface area contributed by atoms with Crippen LogP contribution in [0.1, 0.15) is 0 Å². The molecule has 0 fully saturated rings. The molecule has 1 aromatic heterocycles. The summed E-state index contributed by atoms with van der Waals surface area (Å²) in [5.74, 6) is 0. The lowest BCUT2D eigenvalue weighted by Gasteiger charge is -2.30.